The molecule has 2 aliphatic heterocycles. The highest BCUT2D eigenvalue weighted by Gasteiger charge is 2.42. The maximum atomic E-state index is 13.7. The molecule has 0 radical (unpaired) electrons. The van der Waals surface area contributed by atoms with E-state index in [9.17, 15) is 24.1 Å². The van der Waals surface area contributed by atoms with E-state index < -0.39 is 56.2 Å². The monoisotopic (exact) mass is 667 g/mol. The molecule has 248 valence electrons. The van der Waals surface area contributed by atoms with E-state index in [1.807, 2.05) is 13.0 Å². The van der Waals surface area contributed by atoms with E-state index in [1.54, 1.807) is 35.8 Å². The van der Waals surface area contributed by atoms with Gasteiger partial charge in [-0.25, -0.2) is 19.7 Å². The Balaban J connectivity index is 1.12. The van der Waals surface area contributed by atoms with E-state index >= 15 is 0 Å². The van der Waals surface area contributed by atoms with E-state index in [2.05, 4.69) is 31.8 Å². The molecule has 1 unspecified atom stereocenters. The molecule has 3 N–H and O–H groups in total. The Kier molecular flexibility index (Phi) is 9.32. The topological polar surface area (TPSA) is 202 Å². The molecule has 17 heteroatoms. The molecule has 2 aliphatic rings. The molecule has 5 heterocycles. The van der Waals surface area contributed by atoms with Gasteiger partial charge in [-0.05, 0) is 31.4 Å². The third-order valence-electron chi connectivity index (χ3n) is 8.22. The van der Waals surface area contributed by atoms with Crippen LogP contribution < -0.4 is 16.6 Å². The predicted octanol–water partition coefficient (Wildman–Crippen LogP) is 2.88. The third-order valence-corrected chi connectivity index (χ3v) is 9.74. The van der Waals surface area contributed by atoms with E-state index in [0.29, 0.717) is 28.7 Å². The molecule has 0 aliphatic carbocycles. The molecule has 47 heavy (non-hydrogen) atoms. The summed E-state index contributed by atoms with van der Waals surface area (Å²) in [4.78, 5) is 52.0. The fourth-order valence-electron chi connectivity index (χ4n) is 5.61. The van der Waals surface area contributed by atoms with Crippen molar-refractivity contribution in [2.45, 2.75) is 57.5 Å². The van der Waals surface area contributed by atoms with Gasteiger partial charge in [-0.15, -0.1) is 0 Å². The lowest BCUT2D eigenvalue weighted by Crippen LogP contribution is -2.33. The summed E-state index contributed by atoms with van der Waals surface area (Å²) in [6.45, 7) is 6.59. The lowest BCUT2D eigenvalue weighted by molar-refractivity contribution is -0.0451. The van der Waals surface area contributed by atoms with Gasteiger partial charge in [0.2, 0.25) is 0 Å². The van der Waals surface area contributed by atoms with Gasteiger partial charge in [-0.3, -0.25) is 32.8 Å². The Bertz CT molecular complexity index is 1950. The maximum absolute atomic E-state index is 13.7. The summed E-state index contributed by atoms with van der Waals surface area (Å²) in [5.74, 6) is 0.853. The minimum atomic E-state index is -3.92. The van der Waals surface area contributed by atoms with Crippen molar-refractivity contribution in [2.24, 2.45) is 5.92 Å². The number of nitrogens with zero attached hydrogens (tertiary/aromatic N) is 5. The molecule has 0 saturated carbocycles. The first-order chi connectivity index (χ1) is 22.6. The molecule has 4 aromatic rings. The number of fused-ring (bicyclic) bond motifs is 1. The molecule has 0 spiro atoms. The second kappa shape index (κ2) is 13.4. The van der Waals surface area contributed by atoms with Crippen molar-refractivity contribution in [3.63, 3.8) is 0 Å². The zero-order valence-corrected chi connectivity index (χ0v) is 26.5. The van der Waals surface area contributed by atoms with Crippen molar-refractivity contribution in [3.8, 4) is 0 Å². The fraction of sp³-hybridized carbons (Fsp3) is 0.400. The van der Waals surface area contributed by atoms with Gasteiger partial charge in [0.25, 0.3) is 11.5 Å². The number of anilines is 1. The van der Waals surface area contributed by atoms with Crippen LogP contribution in [-0.2, 0) is 23.1 Å². The number of benzene rings is 1. The standard InChI is InChI=1S/C30H34N7O9P/c1-4-47(42,43-14-22-17(2)10-23(45-22)36-12-18(3)28(39)35-30(36)41)46-20-11-24(44-21(20)13-38)37-16-33-25-26(31-15-32-27(25)37)34-29(40)19-8-6-5-7-9-19/h4-9,12,15-17,20-24,38H,1,10-11,13-14H2,2-3H3,(H,35,39,41)(H,31,32,34,40)/t17-,20-,21+,22+,23+,24+,47?/m0/s1. The number of aliphatic hydroxyl groups is 1. The van der Waals surface area contributed by atoms with Crippen LogP contribution >= 0.6 is 7.60 Å². The van der Waals surface area contributed by atoms with Crippen LogP contribution in [0.2, 0.25) is 0 Å². The molecule has 6 rings (SSSR count). The van der Waals surface area contributed by atoms with Gasteiger partial charge in [0, 0.05) is 29.6 Å². The van der Waals surface area contributed by atoms with Crippen LogP contribution in [0.4, 0.5) is 5.82 Å². The lowest BCUT2D eigenvalue weighted by Gasteiger charge is -2.24. The zero-order valence-electron chi connectivity index (χ0n) is 25.6. The lowest BCUT2D eigenvalue weighted by atomic mass is 10.0. The van der Waals surface area contributed by atoms with E-state index in [0.717, 1.165) is 5.82 Å². The van der Waals surface area contributed by atoms with Crippen LogP contribution in [0.15, 0.2) is 71.2 Å². The van der Waals surface area contributed by atoms with Crippen molar-refractivity contribution < 1.29 is 33.0 Å². The van der Waals surface area contributed by atoms with Gasteiger partial charge in [-0.1, -0.05) is 31.7 Å². The minimum absolute atomic E-state index is 0.0827. The smallest absolute Gasteiger partial charge is 0.354 e. The normalized spacial score (nSPS) is 25.5. The van der Waals surface area contributed by atoms with Crippen LogP contribution in [0.3, 0.4) is 0 Å². The van der Waals surface area contributed by atoms with Crippen molar-refractivity contribution in [2.75, 3.05) is 18.5 Å². The number of hydrogen-bond donors (Lipinski definition) is 3. The first-order valence-electron chi connectivity index (χ1n) is 14.9. The number of H-pyrrole nitrogens is 1. The Morgan fingerprint density at radius 1 is 1.15 bits per heavy atom. The fourth-order valence-corrected chi connectivity index (χ4v) is 6.81. The number of nitrogens with one attached hydrogen (secondary N) is 2. The average molecular weight is 668 g/mol. The highest BCUT2D eigenvalue weighted by Crippen LogP contribution is 2.54. The van der Waals surface area contributed by atoms with Gasteiger partial charge in [0.15, 0.2) is 17.0 Å². The Morgan fingerprint density at radius 3 is 2.64 bits per heavy atom. The number of aliphatic hydroxyl groups excluding tert-OH is 1. The summed E-state index contributed by atoms with van der Waals surface area (Å²) in [6.07, 6.45) is 1.21. The molecule has 1 aromatic carbocycles. The van der Waals surface area contributed by atoms with Gasteiger partial charge in [-0.2, -0.15) is 0 Å². The first kappa shape index (κ1) is 32.6. The molecule has 16 nitrogen and oxygen atoms in total. The summed E-state index contributed by atoms with van der Waals surface area (Å²) in [5, 5.41) is 12.8. The third kappa shape index (κ3) is 6.74. The quantitative estimate of drug-likeness (QED) is 0.198. The number of aryl methyl sites for hydroxylation is 1. The van der Waals surface area contributed by atoms with Crippen molar-refractivity contribution in [3.05, 3.63) is 93.5 Å². The molecular formula is C30H34N7O9P. The first-order valence-corrected chi connectivity index (χ1v) is 16.5. The molecule has 1 amide bonds. The van der Waals surface area contributed by atoms with E-state index in [1.165, 1.54) is 23.4 Å². The Labute approximate surface area is 267 Å². The number of aromatic amines is 1. The van der Waals surface area contributed by atoms with Crippen LogP contribution in [0.25, 0.3) is 11.2 Å². The van der Waals surface area contributed by atoms with Crippen LogP contribution in [0.1, 0.15) is 48.1 Å². The molecule has 0 bridgehead atoms. The van der Waals surface area contributed by atoms with E-state index in [4.69, 9.17) is 18.5 Å². The summed E-state index contributed by atoms with van der Waals surface area (Å²) >= 11 is 0. The Hall–Kier alpha value is -4.31. The number of rotatable bonds is 11. The second-order valence-electron chi connectivity index (χ2n) is 11.4. The molecule has 2 fully saturated rings. The highest BCUT2D eigenvalue weighted by atomic mass is 31.2. The molecule has 3 aromatic heterocycles. The van der Waals surface area contributed by atoms with Gasteiger partial charge in [0.1, 0.15) is 31.0 Å². The minimum Gasteiger partial charge on any atom is -0.394 e. The SMILES string of the molecule is C=CP(=O)(OC[C@H]1O[C@@H](n2cc(C)c(=O)[nH]c2=O)C[C@@H]1C)O[C@H]1C[C@H](n2cnc3c(NC(=O)c4ccccc4)ncnc32)O[C@@H]1CO. The van der Waals surface area contributed by atoms with Gasteiger partial charge in [0.05, 0.1) is 25.6 Å². The number of carbonyl (C=O) groups excluding carboxylic acids is 1. The van der Waals surface area contributed by atoms with Gasteiger partial charge < -0.3 is 24.4 Å². The number of hydrogen-bond acceptors (Lipinski definition) is 12. The number of imidazole rings is 1. The summed E-state index contributed by atoms with van der Waals surface area (Å²) in [5.41, 5.74) is 0.460. The largest absolute Gasteiger partial charge is 0.394 e. The number of aromatic nitrogens is 6. The zero-order chi connectivity index (χ0) is 33.3. The summed E-state index contributed by atoms with van der Waals surface area (Å²) in [7, 11) is -3.92. The average Bonchev–Trinajstić information content (AvgIpc) is 3.79. The van der Waals surface area contributed by atoms with Gasteiger partial charge >= 0.3 is 13.3 Å². The van der Waals surface area contributed by atoms with Crippen LogP contribution in [0.5, 0.6) is 0 Å². The molecule has 7 atom stereocenters. The number of carbonyl (C=O) groups is 1. The maximum Gasteiger partial charge on any atom is 0.354 e. The van der Waals surface area contributed by atoms with Crippen molar-refractivity contribution in [1.82, 2.24) is 29.1 Å². The summed E-state index contributed by atoms with van der Waals surface area (Å²) < 4.78 is 40.4. The molecule has 2 saturated heterocycles. The number of amides is 1. The van der Waals surface area contributed by atoms with Crippen molar-refractivity contribution in [1.29, 1.82) is 0 Å². The summed E-state index contributed by atoms with van der Waals surface area (Å²) in [6, 6.07) is 8.66. The predicted molar refractivity (Wildman–Crippen MR) is 168 cm³/mol. The second-order valence-corrected chi connectivity index (χ2v) is 13.3. The van der Waals surface area contributed by atoms with Crippen molar-refractivity contribution >= 4 is 30.5 Å². The van der Waals surface area contributed by atoms with Crippen LogP contribution in [-0.4, -0.2) is 71.6 Å². The van der Waals surface area contributed by atoms with Crippen LogP contribution in [0, 0.1) is 12.8 Å². The molecular weight excluding hydrogens is 633 g/mol. The number of ether oxygens (including phenoxy) is 2. The Morgan fingerprint density at radius 2 is 1.89 bits per heavy atom. The highest BCUT2D eigenvalue weighted by molar-refractivity contribution is 7.57. The van der Waals surface area contributed by atoms with E-state index in [-0.39, 0.29) is 30.7 Å².